The highest BCUT2D eigenvalue weighted by Gasteiger charge is 2.07. The summed E-state index contributed by atoms with van der Waals surface area (Å²) in [7, 11) is 0. The molecular weight excluding hydrogens is 248 g/mol. The van der Waals surface area contributed by atoms with Crippen molar-refractivity contribution < 1.29 is 19.1 Å². The highest BCUT2D eigenvalue weighted by atomic mass is 16.6. The molecule has 6 nitrogen and oxygen atoms in total. The van der Waals surface area contributed by atoms with E-state index in [1.807, 2.05) is 13.8 Å². The summed E-state index contributed by atoms with van der Waals surface area (Å²) in [6.07, 6.45) is -0.624. The van der Waals surface area contributed by atoms with Crippen LogP contribution in [0.15, 0.2) is 24.3 Å². The van der Waals surface area contributed by atoms with Crippen LogP contribution in [0.4, 0.5) is 4.79 Å². The quantitative estimate of drug-likeness (QED) is 0.816. The Labute approximate surface area is 112 Å². The lowest BCUT2D eigenvalue weighted by molar-refractivity contribution is 0.0912. The first-order valence-corrected chi connectivity index (χ1v) is 6.02. The van der Waals surface area contributed by atoms with Gasteiger partial charge in [-0.3, -0.25) is 10.2 Å². The normalized spacial score (nSPS) is 9.89. The fourth-order valence-corrected chi connectivity index (χ4v) is 1.30. The van der Waals surface area contributed by atoms with Crippen LogP contribution in [0.3, 0.4) is 0 Å². The Morgan fingerprint density at radius 1 is 1.16 bits per heavy atom. The van der Waals surface area contributed by atoms with E-state index in [1.165, 1.54) is 0 Å². The number of rotatable bonds is 4. The van der Waals surface area contributed by atoms with E-state index in [2.05, 4.69) is 15.6 Å². The van der Waals surface area contributed by atoms with Crippen LogP contribution in [0.2, 0.25) is 0 Å². The highest BCUT2D eigenvalue weighted by molar-refractivity contribution is 5.95. The third kappa shape index (κ3) is 5.29. The average Bonchev–Trinajstić information content (AvgIpc) is 2.36. The van der Waals surface area contributed by atoms with Gasteiger partial charge in [-0.15, -0.1) is 0 Å². The van der Waals surface area contributed by atoms with Crippen LogP contribution in [-0.2, 0) is 4.74 Å². The molecule has 0 heterocycles. The Hall–Kier alpha value is -2.24. The molecule has 19 heavy (non-hydrogen) atoms. The summed E-state index contributed by atoms with van der Waals surface area (Å²) in [4.78, 5) is 22.7. The van der Waals surface area contributed by atoms with E-state index in [4.69, 9.17) is 4.74 Å². The van der Waals surface area contributed by atoms with Gasteiger partial charge in [-0.1, -0.05) is 0 Å². The number of hydrogen-bond acceptors (Lipinski definition) is 4. The van der Waals surface area contributed by atoms with Gasteiger partial charge >= 0.3 is 6.09 Å². The molecule has 0 bridgehead atoms. The Balaban J connectivity index is 2.51. The molecule has 0 spiro atoms. The topological polar surface area (TPSA) is 76.7 Å². The lowest BCUT2D eigenvalue weighted by atomic mass is 10.2. The molecule has 1 aromatic carbocycles. The Bertz CT molecular complexity index is 429. The van der Waals surface area contributed by atoms with Gasteiger partial charge in [-0.25, -0.2) is 10.2 Å². The maximum absolute atomic E-state index is 11.7. The fraction of sp³-hybridized carbons (Fsp3) is 0.385. The molecule has 1 aromatic rings. The summed E-state index contributed by atoms with van der Waals surface area (Å²) in [5.74, 6) is 0.258. The monoisotopic (exact) mass is 266 g/mol. The van der Waals surface area contributed by atoms with Gasteiger partial charge in [0.25, 0.3) is 5.91 Å². The third-order valence-corrected chi connectivity index (χ3v) is 2.04. The number of nitrogens with one attached hydrogen (secondary N) is 2. The first-order valence-electron chi connectivity index (χ1n) is 6.02. The lowest BCUT2D eigenvalue weighted by Crippen LogP contribution is -2.41. The third-order valence-electron chi connectivity index (χ3n) is 2.04. The lowest BCUT2D eigenvalue weighted by Gasteiger charge is -2.10. The zero-order valence-electron chi connectivity index (χ0n) is 11.2. The minimum absolute atomic E-state index is 0.0742. The summed E-state index contributed by atoms with van der Waals surface area (Å²) in [5.41, 5.74) is 4.79. The molecule has 104 valence electrons. The second-order valence-corrected chi connectivity index (χ2v) is 3.99. The molecule has 0 aliphatic rings. The van der Waals surface area contributed by atoms with Gasteiger partial charge in [0.2, 0.25) is 0 Å². The molecule has 0 atom stereocenters. The van der Waals surface area contributed by atoms with Crippen molar-refractivity contribution in [1.82, 2.24) is 10.9 Å². The van der Waals surface area contributed by atoms with Crippen LogP contribution in [0.5, 0.6) is 5.75 Å². The smallest absolute Gasteiger partial charge is 0.426 e. The molecule has 0 fully saturated rings. The number of carbonyl (C=O) groups is 2. The number of amides is 2. The van der Waals surface area contributed by atoms with E-state index < -0.39 is 12.0 Å². The van der Waals surface area contributed by atoms with Crippen LogP contribution in [0.1, 0.15) is 31.1 Å². The molecule has 6 heteroatoms. The molecule has 2 amide bonds. The zero-order chi connectivity index (χ0) is 14.3. The molecule has 0 saturated carbocycles. The molecule has 2 N–H and O–H groups in total. The number of benzene rings is 1. The summed E-state index contributed by atoms with van der Waals surface area (Å²) in [5, 5.41) is 0. The predicted molar refractivity (Wildman–Crippen MR) is 69.8 cm³/mol. The number of hydrazine groups is 1. The molecule has 0 aliphatic carbocycles. The Morgan fingerprint density at radius 2 is 1.79 bits per heavy atom. The largest absolute Gasteiger partial charge is 0.491 e. The first-order chi connectivity index (χ1) is 9.02. The van der Waals surface area contributed by atoms with Crippen molar-refractivity contribution >= 4 is 12.0 Å². The Kier molecular flexibility index (Phi) is 5.66. The molecule has 0 aromatic heterocycles. The van der Waals surface area contributed by atoms with E-state index in [0.29, 0.717) is 11.3 Å². The standard InChI is InChI=1S/C13H18N2O4/c1-4-18-13(17)15-14-12(16)10-5-7-11(8-6-10)19-9(2)3/h5-9H,4H2,1-3H3,(H,14,16)(H,15,17). The van der Waals surface area contributed by atoms with Crippen LogP contribution < -0.4 is 15.6 Å². The molecule has 1 rings (SSSR count). The van der Waals surface area contributed by atoms with Gasteiger partial charge in [0, 0.05) is 5.56 Å². The van der Waals surface area contributed by atoms with Gasteiger partial charge in [0.1, 0.15) is 5.75 Å². The number of ether oxygens (including phenoxy) is 2. The zero-order valence-corrected chi connectivity index (χ0v) is 11.2. The second kappa shape index (κ2) is 7.25. The van der Waals surface area contributed by atoms with Crippen molar-refractivity contribution in [2.45, 2.75) is 26.9 Å². The van der Waals surface area contributed by atoms with E-state index >= 15 is 0 Å². The summed E-state index contributed by atoms with van der Waals surface area (Å²) < 4.78 is 10.1. The fourth-order valence-electron chi connectivity index (χ4n) is 1.30. The SMILES string of the molecule is CCOC(=O)NNC(=O)c1ccc(OC(C)C)cc1. The highest BCUT2D eigenvalue weighted by Crippen LogP contribution is 2.13. The van der Waals surface area contributed by atoms with Crippen molar-refractivity contribution in [3.05, 3.63) is 29.8 Å². The van der Waals surface area contributed by atoms with Gasteiger partial charge in [-0.2, -0.15) is 0 Å². The molecule has 0 saturated heterocycles. The maximum atomic E-state index is 11.7. The van der Waals surface area contributed by atoms with Crippen molar-refractivity contribution in [3.63, 3.8) is 0 Å². The minimum atomic E-state index is -0.699. The van der Waals surface area contributed by atoms with E-state index in [9.17, 15) is 9.59 Å². The number of hydrogen-bond donors (Lipinski definition) is 2. The van der Waals surface area contributed by atoms with Crippen LogP contribution in [-0.4, -0.2) is 24.7 Å². The molecule has 0 radical (unpaired) electrons. The summed E-state index contributed by atoms with van der Waals surface area (Å²) in [6, 6.07) is 6.61. The molecular formula is C13H18N2O4. The summed E-state index contributed by atoms with van der Waals surface area (Å²) in [6.45, 7) is 5.76. The predicted octanol–water partition coefficient (Wildman–Crippen LogP) is 1.86. The summed E-state index contributed by atoms with van der Waals surface area (Å²) >= 11 is 0. The van der Waals surface area contributed by atoms with Gasteiger partial charge in [0.15, 0.2) is 0 Å². The van der Waals surface area contributed by atoms with E-state index in [1.54, 1.807) is 31.2 Å². The van der Waals surface area contributed by atoms with Crippen molar-refractivity contribution in [2.24, 2.45) is 0 Å². The average molecular weight is 266 g/mol. The van der Waals surface area contributed by atoms with Gasteiger partial charge in [0.05, 0.1) is 12.7 Å². The Morgan fingerprint density at radius 3 is 2.32 bits per heavy atom. The van der Waals surface area contributed by atoms with Crippen LogP contribution >= 0.6 is 0 Å². The van der Waals surface area contributed by atoms with Crippen molar-refractivity contribution in [2.75, 3.05) is 6.61 Å². The van der Waals surface area contributed by atoms with Crippen molar-refractivity contribution in [1.29, 1.82) is 0 Å². The second-order valence-electron chi connectivity index (χ2n) is 3.99. The number of carbonyl (C=O) groups excluding carboxylic acids is 2. The first kappa shape index (κ1) is 14.8. The maximum Gasteiger partial charge on any atom is 0.426 e. The van der Waals surface area contributed by atoms with Crippen molar-refractivity contribution in [3.8, 4) is 5.75 Å². The molecule has 0 aliphatic heterocycles. The van der Waals surface area contributed by atoms with Crippen LogP contribution in [0, 0.1) is 0 Å². The van der Waals surface area contributed by atoms with E-state index in [-0.39, 0.29) is 12.7 Å². The minimum Gasteiger partial charge on any atom is -0.491 e. The van der Waals surface area contributed by atoms with Gasteiger partial charge < -0.3 is 9.47 Å². The van der Waals surface area contributed by atoms with E-state index in [0.717, 1.165) is 0 Å². The van der Waals surface area contributed by atoms with Crippen LogP contribution in [0.25, 0.3) is 0 Å². The van der Waals surface area contributed by atoms with Gasteiger partial charge in [-0.05, 0) is 45.0 Å². The molecule has 0 unspecified atom stereocenters.